The van der Waals surface area contributed by atoms with Gasteiger partial charge in [-0.3, -0.25) is 0 Å². The molecule has 202 valence electrons. The number of hydrogen-bond donors (Lipinski definition) is 0. The molecule has 0 aliphatic heterocycles. The van der Waals surface area contributed by atoms with E-state index in [1.165, 1.54) is 24.3 Å². The zero-order valence-electron chi connectivity index (χ0n) is 21.9. The summed E-state index contributed by atoms with van der Waals surface area (Å²) in [5, 5.41) is 4.47. The van der Waals surface area contributed by atoms with Crippen molar-refractivity contribution in [3.05, 3.63) is 88.0 Å². The molecule has 0 bridgehead atoms. The van der Waals surface area contributed by atoms with Crippen molar-refractivity contribution in [2.45, 2.75) is 44.9 Å². The first kappa shape index (κ1) is 26.2. The molecule has 0 radical (unpaired) electrons. The maximum atomic E-state index is 13.6. The highest BCUT2D eigenvalue weighted by Gasteiger charge is 2.29. The number of aryl methyl sites for hydroxylation is 2. The molecule has 11 heteroatoms. The van der Waals surface area contributed by atoms with Crippen LogP contribution in [0.1, 0.15) is 43.0 Å². The Balaban J connectivity index is 1.62. The van der Waals surface area contributed by atoms with Crippen molar-refractivity contribution in [2.75, 3.05) is 6.61 Å². The van der Waals surface area contributed by atoms with Crippen LogP contribution in [0, 0.1) is 13.8 Å². The molecule has 39 heavy (non-hydrogen) atoms. The van der Waals surface area contributed by atoms with Gasteiger partial charge in [-0.1, -0.05) is 41.9 Å². The Morgan fingerprint density at radius 3 is 2.51 bits per heavy atom. The molecule has 5 rings (SSSR count). The van der Waals surface area contributed by atoms with Crippen LogP contribution in [-0.4, -0.2) is 34.9 Å². The highest BCUT2D eigenvalue weighted by molar-refractivity contribution is 7.90. The molecule has 0 amide bonds. The van der Waals surface area contributed by atoms with Gasteiger partial charge in [0.2, 0.25) is 0 Å². The van der Waals surface area contributed by atoms with Crippen LogP contribution in [-0.2, 0) is 14.8 Å². The van der Waals surface area contributed by atoms with Gasteiger partial charge in [-0.2, -0.15) is 3.97 Å². The van der Waals surface area contributed by atoms with Crippen LogP contribution in [0.15, 0.2) is 74.9 Å². The SMILES string of the molecule is CCCOc1cccc(C(C)C(=O)On2c(=O)n(S(=O)(=O)c3ccc(C)cc3)c3cc4onc(C)c4cc32)c1. The number of benzene rings is 3. The van der Waals surface area contributed by atoms with E-state index >= 15 is 0 Å². The standard InChI is InChI=1S/C28H27N3O7S/c1-5-13-36-21-8-6-7-20(14-21)18(3)27(32)38-30-24-15-23-19(4)29-37-26(23)16-25(24)31(28(30)33)39(34,35)22-11-9-17(2)10-12-22/h6-12,14-16,18H,5,13H2,1-4H3. The normalized spacial score (nSPS) is 12.6. The molecule has 0 fully saturated rings. The van der Waals surface area contributed by atoms with Gasteiger partial charge in [0.1, 0.15) is 11.3 Å². The van der Waals surface area contributed by atoms with E-state index in [0.29, 0.717) is 37.7 Å². The Labute approximate surface area is 224 Å². The summed E-state index contributed by atoms with van der Waals surface area (Å²) in [5.41, 5.74) is 1.31. The maximum absolute atomic E-state index is 13.6. The van der Waals surface area contributed by atoms with Gasteiger partial charge in [-0.15, -0.1) is 4.73 Å². The lowest BCUT2D eigenvalue weighted by molar-refractivity contribution is -0.145. The van der Waals surface area contributed by atoms with Gasteiger partial charge in [0.05, 0.1) is 28.6 Å². The third-order valence-corrected chi connectivity index (χ3v) is 8.16. The lowest BCUT2D eigenvalue weighted by atomic mass is 10.0. The van der Waals surface area contributed by atoms with E-state index in [0.717, 1.165) is 12.0 Å². The third-order valence-electron chi connectivity index (χ3n) is 6.46. The number of imidazole rings is 1. The van der Waals surface area contributed by atoms with Crippen LogP contribution in [0.25, 0.3) is 22.0 Å². The summed E-state index contributed by atoms with van der Waals surface area (Å²) in [4.78, 5) is 32.4. The first-order valence-electron chi connectivity index (χ1n) is 12.4. The zero-order chi connectivity index (χ0) is 27.9. The fourth-order valence-corrected chi connectivity index (χ4v) is 5.61. The number of aromatic nitrogens is 3. The van der Waals surface area contributed by atoms with E-state index in [9.17, 15) is 18.0 Å². The molecule has 2 heterocycles. The van der Waals surface area contributed by atoms with Gasteiger partial charge in [0, 0.05) is 11.5 Å². The zero-order valence-corrected chi connectivity index (χ0v) is 22.7. The Morgan fingerprint density at radius 1 is 1.05 bits per heavy atom. The summed E-state index contributed by atoms with van der Waals surface area (Å²) in [6, 6.07) is 16.1. The van der Waals surface area contributed by atoms with Crippen molar-refractivity contribution in [2.24, 2.45) is 0 Å². The van der Waals surface area contributed by atoms with Gasteiger partial charge in [0.15, 0.2) is 5.58 Å². The smallest absolute Gasteiger partial charge is 0.376 e. The molecule has 2 aromatic heterocycles. The van der Waals surface area contributed by atoms with Gasteiger partial charge in [-0.05, 0) is 63.1 Å². The van der Waals surface area contributed by atoms with E-state index in [1.807, 2.05) is 13.8 Å². The molecule has 0 saturated carbocycles. The van der Waals surface area contributed by atoms with E-state index in [1.54, 1.807) is 50.2 Å². The molecule has 3 aromatic carbocycles. The Morgan fingerprint density at radius 2 is 1.79 bits per heavy atom. The van der Waals surface area contributed by atoms with Crippen molar-refractivity contribution >= 4 is 38.0 Å². The second-order valence-electron chi connectivity index (χ2n) is 9.32. The summed E-state index contributed by atoms with van der Waals surface area (Å²) < 4.78 is 39.6. The summed E-state index contributed by atoms with van der Waals surface area (Å²) in [7, 11) is -4.36. The first-order chi connectivity index (χ1) is 18.6. The molecular weight excluding hydrogens is 522 g/mol. The molecule has 5 aromatic rings. The molecule has 10 nitrogen and oxygen atoms in total. The van der Waals surface area contributed by atoms with Crippen LogP contribution in [0.2, 0.25) is 0 Å². The largest absolute Gasteiger partial charge is 0.494 e. The van der Waals surface area contributed by atoms with Gasteiger partial charge < -0.3 is 14.1 Å². The third kappa shape index (κ3) is 4.69. The predicted molar refractivity (Wildman–Crippen MR) is 144 cm³/mol. The predicted octanol–water partition coefficient (Wildman–Crippen LogP) is 4.35. The summed E-state index contributed by atoms with van der Waals surface area (Å²) in [5.74, 6) is -0.925. The van der Waals surface area contributed by atoms with E-state index in [-0.39, 0.29) is 21.5 Å². The number of carbonyl (C=O) groups excluding carboxylic acids is 1. The molecule has 0 aliphatic rings. The van der Waals surface area contributed by atoms with Crippen molar-refractivity contribution in [3.63, 3.8) is 0 Å². The highest BCUT2D eigenvalue weighted by Crippen LogP contribution is 2.28. The van der Waals surface area contributed by atoms with Crippen molar-refractivity contribution in [1.82, 2.24) is 13.9 Å². The van der Waals surface area contributed by atoms with Gasteiger partial charge >= 0.3 is 11.7 Å². The van der Waals surface area contributed by atoms with Crippen LogP contribution in [0.5, 0.6) is 5.75 Å². The molecule has 0 saturated heterocycles. The second kappa shape index (κ2) is 10.1. The fourth-order valence-electron chi connectivity index (χ4n) is 4.23. The minimum atomic E-state index is -4.36. The van der Waals surface area contributed by atoms with Crippen molar-refractivity contribution in [1.29, 1.82) is 0 Å². The Bertz CT molecular complexity index is 1870. The molecule has 0 aliphatic carbocycles. The second-order valence-corrected chi connectivity index (χ2v) is 11.1. The fraction of sp³-hybridized carbons (Fsp3) is 0.250. The monoisotopic (exact) mass is 549 g/mol. The van der Waals surface area contributed by atoms with Gasteiger partial charge in [0.25, 0.3) is 10.0 Å². The van der Waals surface area contributed by atoms with Crippen LogP contribution < -0.4 is 15.3 Å². The maximum Gasteiger partial charge on any atom is 0.376 e. The van der Waals surface area contributed by atoms with Crippen LogP contribution in [0.3, 0.4) is 0 Å². The van der Waals surface area contributed by atoms with Crippen LogP contribution >= 0.6 is 0 Å². The highest BCUT2D eigenvalue weighted by atomic mass is 32.2. The topological polar surface area (TPSA) is 123 Å². The number of fused-ring (bicyclic) bond motifs is 2. The van der Waals surface area contributed by atoms with Crippen molar-refractivity contribution in [3.8, 4) is 5.75 Å². The number of carbonyl (C=O) groups is 1. The molecular formula is C28H27N3O7S. The Hall–Kier alpha value is -4.38. The lowest BCUT2D eigenvalue weighted by Gasteiger charge is -2.13. The van der Waals surface area contributed by atoms with Crippen molar-refractivity contribution < 1.29 is 27.3 Å². The van der Waals surface area contributed by atoms with E-state index in [4.69, 9.17) is 14.1 Å². The van der Waals surface area contributed by atoms with E-state index < -0.39 is 27.6 Å². The average molecular weight is 550 g/mol. The summed E-state index contributed by atoms with van der Waals surface area (Å²) >= 11 is 0. The Kier molecular flexibility index (Phi) is 6.77. The molecule has 1 unspecified atom stereocenters. The number of rotatable bonds is 8. The molecule has 0 N–H and O–H groups in total. The molecule has 1 atom stereocenters. The number of nitrogens with zero attached hydrogens (tertiary/aromatic N) is 3. The number of ether oxygens (including phenoxy) is 1. The summed E-state index contributed by atoms with van der Waals surface area (Å²) in [6.07, 6.45) is 0.833. The lowest BCUT2D eigenvalue weighted by Crippen LogP contribution is -2.36. The van der Waals surface area contributed by atoms with Crippen LogP contribution in [0.4, 0.5) is 0 Å². The minimum Gasteiger partial charge on any atom is -0.494 e. The quantitative estimate of drug-likeness (QED) is 0.280. The van der Waals surface area contributed by atoms with Gasteiger partial charge in [-0.25, -0.2) is 18.0 Å². The molecule has 0 spiro atoms. The van der Waals surface area contributed by atoms with E-state index in [2.05, 4.69) is 5.16 Å². The number of hydrogen-bond acceptors (Lipinski definition) is 8. The average Bonchev–Trinajstić information content (AvgIpc) is 3.42. The minimum absolute atomic E-state index is 0.0142. The first-order valence-corrected chi connectivity index (χ1v) is 13.9. The summed E-state index contributed by atoms with van der Waals surface area (Å²) in [6.45, 7) is 7.69.